The number of benzene rings is 3. The number of piperidine rings is 2. The molecule has 2 fully saturated rings. The van der Waals surface area contributed by atoms with Crippen LogP contribution >= 0.6 is 0 Å². The van der Waals surface area contributed by atoms with E-state index in [1.165, 1.54) is 17.2 Å². The lowest BCUT2D eigenvalue weighted by atomic mass is 9.53. The predicted octanol–water partition coefficient (Wildman–Crippen LogP) is 3.74. The predicted molar refractivity (Wildman–Crippen MR) is 188 cm³/mol. The first-order valence-corrected chi connectivity index (χ1v) is 18.5. The summed E-state index contributed by atoms with van der Waals surface area (Å²) in [5.74, 6) is 0.823. The van der Waals surface area contributed by atoms with Crippen molar-refractivity contribution >= 4 is 11.9 Å². The van der Waals surface area contributed by atoms with Crippen LogP contribution in [0, 0.1) is 11.8 Å². The molecular weight excluding hydrogens is 660 g/mol. The van der Waals surface area contributed by atoms with Crippen molar-refractivity contribution in [3.8, 4) is 23.0 Å². The van der Waals surface area contributed by atoms with Gasteiger partial charge in [0.05, 0.1) is 11.1 Å². The van der Waals surface area contributed by atoms with Gasteiger partial charge in [0.2, 0.25) is 0 Å². The van der Waals surface area contributed by atoms with Gasteiger partial charge in [-0.1, -0.05) is 42.5 Å². The lowest BCUT2D eigenvalue weighted by Gasteiger charge is -2.56. The van der Waals surface area contributed by atoms with E-state index in [-0.39, 0.29) is 33.8 Å². The number of aliphatic hydroxyl groups is 2. The Hall–Kier alpha value is -4.48. The molecule has 0 saturated carbocycles. The lowest BCUT2D eigenvalue weighted by Crippen LogP contribution is -2.64. The van der Waals surface area contributed by atoms with Crippen LogP contribution in [0.3, 0.4) is 0 Å². The molecule has 4 heterocycles. The largest absolute Gasteiger partial charge is 0.482 e. The molecule has 10 heteroatoms. The van der Waals surface area contributed by atoms with Gasteiger partial charge < -0.3 is 39.0 Å². The van der Waals surface area contributed by atoms with Crippen LogP contribution < -0.4 is 18.9 Å². The number of ether oxygens (including phenoxy) is 4. The third-order valence-electron chi connectivity index (χ3n) is 14.0. The second kappa shape index (κ2) is 10.6. The molecule has 0 aromatic heterocycles. The molecule has 2 N–H and O–H groups in total. The molecule has 10 atom stereocenters. The Balaban J connectivity index is 0.880. The van der Waals surface area contributed by atoms with Gasteiger partial charge in [0.15, 0.2) is 23.0 Å². The Morgan fingerprint density at radius 1 is 0.692 bits per heavy atom. The van der Waals surface area contributed by atoms with E-state index in [1.54, 1.807) is 30.3 Å². The van der Waals surface area contributed by atoms with Gasteiger partial charge in [-0.05, 0) is 94.3 Å². The maximum absolute atomic E-state index is 13.7. The summed E-state index contributed by atoms with van der Waals surface area (Å²) in [5, 5.41) is 22.2. The number of hydrogen-bond donors (Lipinski definition) is 2. The monoisotopic (exact) mass is 700 g/mol. The number of nitrogens with zero attached hydrogens (tertiary/aromatic N) is 2. The molecule has 10 nitrogen and oxygen atoms in total. The smallest absolute Gasteiger partial charge is 0.343 e. The summed E-state index contributed by atoms with van der Waals surface area (Å²) in [6.07, 6.45) is 8.99. The average molecular weight is 701 g/mol. The normalized spacial score (nSPS) is 36.7. The Morgan fingerprint density at radius 3 is 1.62 bits per heavy atom. The van der Waals surface area contributed by atoms with E-state index in [4.69, 9.17) is 18.9 Å². The second-order valence-corrected chi connectivity index (χ2v) is 16.2. The van der Waals surface area contributed by atoms with E-state index >= 15 is 0 Å². The molecule has 266 valence electrons. The van der Waals surface area contributed by atoms with Gasteiger partial charge in [-0.15, -0.1) is 0 Å². The highest BCUT2D eigenvalue weighted by Gasteiger charge is 2.65. The zero-order valence-corrected chi connectivity index (χ0v) is 29.0. The number of carbonyl (C=O) groups is 2. The first-order chi connectivity index (χ1) is 25.2. The molecule has 4 aliphatic carbocycles. The third-order valence-corrected chi connectivity index (χ3v) is 14.0. The fourth-order valence-corrected chi connectivity index (χ4v) is 11.7. The van der Waals surface area contributed by atoms with Crippen molar-refractivity contribution in [1.82, 2.24) is 9.80 Å². The number of hydrogen-bond acceptors (Lipinski definition) is 10. The van der Waals surface area contributed by atoms with Gasteiger partial charge in [0, 0.05) is 45.9 Å². The lowest BCUT2D eigenvalue weighted by molar-refractivity contribution is -0.0453. The van der Waals surface area contributed by atoms with Gasteiger partial charge in [0.25, 0.3) is 0 Å². The maximum atomic E-state index is 13.7. The summed E-state index contributed by atoms with van der Waals surface area (Å²) in [4.78, 5) is 32.2. The summed E-state index contributed by atoms with van der Waals surface area (Å²) in [6, 6.07) is 14.6. The highest BCUT2D eigenvalue weighted by Crippen LogP contribution is 2.64. The Bertz CT molecular complexity index is 2020. The topological polar surface area (TPSA) is 118 Å². The highest BCUT2D eigenvalue weighted by atomic mass is 16.6. The molecule has 0 amide bonds. The first kappa shape index (κ1) is 31.1. The minimum Gasteiger partial charge on any atom is -0.482 e. The highest BCUT2D eigenvalue weighted by molar-refractivity contribution is 5.97. The van der Waals surface area contributed by atoms with E-state index in [2.05, 4.69) is 36.0 Å². The van der Waals surface area contributed by atoms with Crippen LogP contribution in [-0.4, -0.2) is 95.6 Å². The molecular formula is C42H40N2O8. The number of aliphatic hydroxyl groups excluding tert-OH is 2. The van der Waals surface area contributed by atoms with Gasteiger partial charge in [0.1, 0.15) is 24.4 Å². The second-order valence-electron chi connectivity index (χ2n) is 16.2. The number of esters is 2. The Labute approximate surface area is 301 Å². The van der Waals surface area contributed by atoms with Gasteiger partial charge in [-0.2, -0.15) is 0 Å². The number of carbonyl (C=O) groups excluding carboxylic acids is 2. The van der Waals surface area contributed by atoms with Crippen LogP contribution in [0.1, 0.15) is 55.8 Å². The molecule has 8 aliphatic rings. The molecule has 3 aromatic rings. The van der Waals surface area contributed by atoms with Crippen molar-refractivity contribution in [3.05, 3.63) is 106 Å². The van der Waals surface area contributed by atoms with Crippen molar-refractivity contribution < 1.29 is 38.7 Å². The molecule has 2 spiro atoms. The van der Waals surface area contributed by atoms with Crippen LogP contribution in [0.4, 0.5) is 0 Å². The molecule has 4 bridgehead atoms. The van der Waals surface area contributed by atoms with Gasteiger partial charge >= 0.3 is 11.9 Å². The van der Waals surface area contributed by atoms with Crippen LogP contribution in [0.25, 0.3) is 0 Å². The average Bonchev–Trinajstić information content (AvgIpc) is 3.69. The molecule has 3 aromatic carbocycles. The van der Waals surface area contributed by atoms with E-state index in [0.717, 1.165) is 49.9 Å². The SMILES string of the molecule is CN1CCC23c4c5ccc(OC(=O)c6cccc(C(=O)Oc7ccc8c9c7O[C@@H]7[C@H](O)C=CC%10[C@H](C8)N(C)CC[C@]9%107)c6)c4O[C@H]2[C@H](O)C=CC3[C@@H]1C5. The van der Waals surface area contributed by atoms with Crippen molar-refractivity contribution in [2.75, 3.05) is 27.2 Å². The number of likely N-dealkylation sites (tertiary alicyclic amines) is 2. The van der Waals surface area contributed by atoms with Gasteiger partial charge in [-0.25, -0.2) is 9.59 Å². The minimum absolute atomic E-state index is 0.192. The summed E-state index contributed by atoms with van der Waals surface area (Å²) in [7, 11) is 4.32. The molecule has 4 aliphatic heterocycles. The summed E-state index contributed by atoms with van der Waals surface area (Å²) in [6.45, 7) is 1.79. The summed E-state index contributed by atoms with van der Waals surface area (Å²) < 4.78 is 25.1. The van der Waals surface area contributed by atoms with Crippen LogP contribution in [0.5, 0.6) is 23.0 Å². The van der Waals surface area contributed by atoms with Crippen molar-refractivity contribution in [2.24, 2.45) is 11.8 Å². The first-order valence-electron chi connectivity index (χ1n) is 18.5. The molecule has 2 saturated heterocycles. The fraction of sp³-hybridized carbons (Fsp3) is 0.429. The molecule has 11 rings (SSSR count). The summed E-state index contributed by atoms with van der Waals surface area (Å²) >= 11 is 0. The van der Waals surface area contributed by atoms with E-state index in [1.807, 2.05) is 24.3 Å². The van der Waals surface area contributed by atoms with Crippen molar-refractivity contribution in [2.45, 2.75) is 73.0 Å². The Kier molecular flexibility index (Phi) is 6.31. The number of likely N-dealkylation sites (N-methyl/N-ethyl adjacent to an activating group) is 2. The Morgan fingerprint density at radius 2 is 1.15 bits per heavy atom. The van der Waals surface area contributed by atoms with Crippen molar-refractivity contribution in [1.29, 1.82) is 0 Å². The van der Waals surface area contributed by atoms with Gasteiger partial charge in [-0.3, -0.25) is 0 Å². The molecule has 0 radical (unpaired) electrons. The van der Waals surface area contributed by atoms with Crippen LogP contribution in [-0.2, 0) is 23.7 Å². The fourth-order valence-electron chi connectivity index (χ4n) is 11.7. The minimum atomic E-state index is -0.760. The van der Waals surface area contributed by atoms with Crippen LogP contribution in [0.15, 0.2) is 72.8 Å². The van der Waals surface area contributed by atoms with E-state index in [9.17, 15) is 19.8 Å². The third kappa shape index (κ3) is 3.83. The molecule has 3 unspecified atom stereocenters. The molecule has 52 heavy (non-hydrogen) atoms. The standard InChI is InChI=1S/C42H40N2O8/c1-43-16-14-41-25-8-10-29(45)37(41)51-35-31(12-6-21(33(35)41)19-27(25)43)49-39(47)23-4-3-5-24(18-23)40(48)50-32-13-7-22-20-28-26-9-11-30(46)38-42(26,15-17-44(28)2)34(22)36(32)52-38/h3-13,18,25-30,37-38,45-46H,14-17,19-20H2,1-2H3/t25?,26?,27-,28-,29+,30+,37-,38+,41?,42+/m0/s1. The summed E-state index contributed by atoms with van der Waals surface area (Å²) in [5.41, 5.74) is 4.10. The van der Waals surface area contributed by atoms with E-state index < -0.39 is 36.4 Å². The zero-order valence-electron chi connectivity index (χ0n) is 29.0. The van der Waals surface area contributed by atoms with E-state index in [0.29, 0.717) is 35.1 Å². The quantitative estimate of drug-likeness (QED) is 0.237. The van der Waals surface area contributed by atoms with Crippen LogP contribution in [0.2, 0.25) is 0 Å². The maximum Gasteiger partial charge on any atom is 0.343 e. The van der Waals surface area contributed by atoms with Crippen molar-refractivity contribution in [3.63, 3.8) is 0 Å². The zero-order chi connectivity index (χ0) is 35.3. The number of rotatable bonds is 4.